The van der Waals surface area contributed by atoms with Crippen LogP contribution in [0.15, 0.2) is 35.3 Å². The fourth-order valence-corrected chi connectivity index (χ4v) is 2.52. The van der Waals surface area contributed by atoms with Crippen molar-refractivity contribution in [2.75, 3.05) is 30.4 Å². The number of nitrogens with zero attached hydrogens (tertiary/aromatic N) is 4. The molecular formula is C14H18BrN5. The van der Waals surface area contributed by atoms with E-state index < -0.39 is 0 Å². The van der Waals surface area contributed by atoms with Crippen molar-refractivity contribution in [2.45, 2.75) is 13.3 Å². The molecule has 5 nitrogen and oxygen atoms in total. The molecule has 0 bridgehead atoms. The van der Waals surface area contributed by atoms with E-state index in [0.29, 0.717) is 0 Å². The zero-order valence-electron chi connectivity index (χ0n) is 11.7. The Morgan fingerprint density at radius 2 is 2.00 bits per heavy atom. The normalized spacial score (nSPS) is 10.3. The van der Waals surface area contributed by atoms with E-state index in [0.717, 1.165) is 35.6 Å². The number of hydrogen-bond acceptors (Lipinski definition) is 5. The number of pyridine rings is 1. The summed E-state index contributed by atoms with van der Waals surface area (Å²) in [4.78, 5) is 14.7. The zero-order chi connectivity index (χ0) is 14.4. The summed E-state index contributed by atoms with van der Waals surface area (Å²) in [6, 6.07) is 4.07. The van der Waals surface area contributed by atoms with Crippen LogP contribution in [0.4, 0.5) is 11.6 Å². The molecule has 106 valence electrons. The van der Waals surface area contributed by atoms with Crippen LogP contribution in [0.2, 0.25) is 0 Å². The van der Waals surface area contributed by atoms with Crippen LogP contribution in [0.25, 0.3) is 0 Å². The van der Waals surface area contributed by atoms with E-state index in [1.54, 1.807) is 6.33 Å². The molecule has 1 N–H and O–H groups in total. The summed E-state index contributed by atoms with van der Waals surface area (Å²) in [6.07, 6.45) is 6.17. The molecule has 0 saturated carbocycles. The lowest BCUT2D eigenvalue weighted by atomic mass is 10.2. The van der Waals surface area contributed by atoms with E-state index in [4.69, 9.17) is 0 Å². The number of aromatic nitrogens is 3. The molecule has 0 fully saturated rings. The summed E-state index contributed by atoms with van der Waals surface area (Å²) in [6.45, 7) is 3.75. The maximum atomic E-state index is 4.35. The monoisotopic (exact) mass is 335 g/mol. The molecule has 2 aromatic rings. The van der Waals surface area contributed by atoms with Crippen LogP contribution in [0.1, 0.15) is 12.5 Å². The summed E-state index contributed by atoms with van der Waals surface area (Å²) in [5.41, 5.74) is 1.27. The molecule has 0 aromatic carbocycles. The van der Waals surface area contributed by atoms with Gasteiger partial charge in [0.05, 0.1) is 0 Å². The molecule has 0 saturated heterocycles. The molecule has 2 aromatic heterocycles. The summed E-state index contributed by atoms with van der Waals surface area (Å²) in [5.74, 6) is 1.72. The quantitative estimate of drug-likeness (QED) is 0.879. The maximum absolute atomic E-state index is 4.35. The number of rotatable bonds is 6. The number of likely N-dealkylation sites (N-methyl/N-ethyl adjacent to an activating group) is 1. The summed E-state index contributed by atoms with van der Waals surface area (Å²) >= 11 is 3.57. The van der Waals surface area contributed by atoms with Gasteiger partial charge in [-0.2, -0.15) is 0 Å². The van der Waals surface area contributed by atoms with Gasteiger partial charge >= 0.3 is 0 Å². The Kier molecular flexibility index (Phi) is 5.29. The van der Waals surface area contributed by atoms with Crippen LogP contribution >= 0.6 is 15.9 Å². The van der Waals surface area contributed by atoms with E-state index in [-0.39, 0.29) is 0 Å². The number of anilines is 2. The lowest BCUT2D eigenvalue weighted by molar-refractivity contribution is 0.851. The second-order valence-corrected chi connectivity index (χ2v) is 5.21. The lowest BCUT2D eigenvalue weighted by Gasteiger charge is -2.20. The molecule has 0 aliphatic heterocycles. The van der Waals surface area contributed by atoms with Crippen LogP contribution in [0.5, 0.6) is 0 Å². The molecule has 0 atom stereocenters. The Morgan fingerprint density at radius 1 is 1.25 bits per heavy atom. The molecule has 0 amide bonds. The summed E-state index contributed by atoms with van der Waals surface area (Å²) < 4.78 is 0.902. The van der Waals surface area contributed by atoms with Crippen LogP contribution in [-0.2, 0) is 6.42 Å². The van der Waals surface area contributed by atoms with Crippen LogP contribution < -0.4 is 10.2 Å². The molecule has 0 radical (unpaired) electrons. The zero-order valence-corrected chi connectivity index (χ0v) is 13.3. The molecule has 0 aliphatic carbocycles. The minimum absolute atomic E-state index is 0.827. The Hall–Kier alpha value is -1.69. The van der Waals surface area contributed by atoms with Crippen molar-refractivity contribution in [1.29, 1.82) is 0 Å². The first kappa shape index (κ1) is 14.7. The Labute approximate surface area is 127 Å². The highest BCUT2D eigenvalue weighted by Crippen LogP contribution is 2.28. The predicted molar refractivity (Wildman–Crippen MR) is 85.1 cm³/mol. The number of hydrogen-bond donors (Lipinski definition) is 1. The third-order valence-corrected chi connectivity index (χ3v) is 3.69. The average molecular weight is 336 g/mol. The number of halogens is 1. The van der Waals surface area contributed by atoms with Gasteiger partial charge in [0.15, 0.2) is 0 Å². The molecule has 0 spiro atoms. The van der Waals surface area contributed by atoms with Crippen LogP contribution in [-0.4, -0.2) is 35.1 Å². The smallest absolute Gasteiger partial charge is 0.148 e. The van der Waals surface area contributed by atoms with Crippen LogP contribution in [0.3, 0.4) is 0 Å². The molecule has 2 rings (SSSR count). The fourth-order valence-electron chi connectivity index (χ4n) is 1.87. The average Bonchev–Trinajstić information content (AvgIpc) is 2.48. The SMILES string of the molecule is CCNc1ncnc(N(C)CCc2ccncc2)c1Br. The van der Waals surface area contributed by atoms with Gasteiger partial charge in [-0.1, -0.05) is 0 Å². The van der Waals surface area contributed by atoms with E-state index in [1.807, 2.05) is 38.5 Å². The van der Waals surface area contributed by atoms with Gasteiger partial charge in [0.1, 0.15) is 22.4 Å². The Balaban J connectivity index is 2.05. The second-order valence-electron chi connectivity index (χ2n) is 4.42. The molecule has 2 heterocycles. The first-order chi connectivity index (χ1) is 9.72. The number of nitrogens with one attached hydrogen (secondary N) is 1. The standard InChI is InChI=1S/C14H18BrN5/c1-3-17-13-12(15)14(19-10-18-13)20(2)9-6-11-4-7-16-8-5-11/h4-5,7-8,10H,3,6,9H2,1-2H3,(H,17,18,19). The van der Waals surface area contributed by atoms with Crippen molar-refractivity contribution in [3.63, 3.8) is 0 Å². The van der Waals surface area contributed by atoms with Gasteiger partial charge in [-0.3, -0.25) is 4.98 Å². The van der Waals surface area contributed by atoms with Crippen LogP contribution in [0, 0.1) is 0 Å². The van der Waals surface area contributed by atoms with Crippen molar-refractivity contribution < 1.29 is 0 Å². The van der Waals surface area contributed by atoms with Crippen molar-refractivity contribution in [3.05, 3.63) is 40.9 Å². The van der Waals surface area contributed by atoms with E-state index in [1.165, 1.54) is 5.56 Å². The summed E-state index contributed by atoms with van der Waals surface area (Å²) in [5, 5.41) is 3.21. The third kappa shape index (κ3) is 3.66. The van der Waals surface area contributed by atoms with Gasteiger partial charge < -0.3 is 10.2 Å². The van der Waals surface area contributed by atoms with Gasteiger partial charge in [-0.15, -0.1) is 0 Å². The highest BCUT2D eigenvalue weighted by molar-refractivity contribution is 9.10. The largest absolute Gasteiger partial charge is 0.369 e. The predicted octanol–water partition coefficient (Wildman–Crippen LogP) is 2.74. The molecule has 20 heavy (non-hydrogen) atoms. The Morgan fingerprint density at radius 3 is 2.70 bits per heavy atom. The third-order valence-electron chi connectivity index (χ3n) is 2.96. The van der Waals surface area contributed by atoms with E-state index in [2.05, 4.69) is 41.1 Å². The fraction of sp³-hybridized carbons (Fsp3) is 0.357. The van der Waals surface area contributed by atoms with Crippen molar-refractivity contribution in [3.8, 4) is 0 Å². The van der Waals surface area contributed by atoms with E-state index >= 15 is 0 Å². The van der Waals surface area contributed by atoms with E-state index in [9.17, 15) is 0 Å². The topological polar surface area (TPSA) is 53.9 Å². The van der Waals surface area contributed by atoms with Gasteiger partial charge in [0.2, 0.25) is 0 Å². The highest BCUT2D eigenvalue weighted by Gasteiger charge is 2.12. The summed E-state index contributed by atoms with van der Waals surface area (Å²) in [7, 11) is 2.03. The van der Waals surface area contributed by atoms with Gasteiger partial charge in [-0.05, 0) is 47.0 Å². The molecular weight excluding hydrogens is 318 g/mol. The van der Waals surface area contributed by atoms with Gasteiger partial charge in [0.25, 0.3) is 0 Å². The molecule has 6 heteroatoms. The maximum Gasteiger partial charge on any atom is 0.148 e. The van der Waals surface area contributed by atoms with Gasteiger partial charge in [0, 0.05) is 32.5 Å². The Bertz CT molecular complexity index is 547. The minimum atomic E-state index is 0.827. The van der Waals surface area contributed by atoms with Crippen molar-refractivity contribution in [1.82, 2.24) is 15.0 Å². The first-order valence-electron chi connectivity index (χ1n) is 6.56. The minimum Gasteiger partial charge on any atom is -0.369 e. The highest BCUT2D eigenvalue weighted by atomic mass is 79.9. The van der Waals surface area contributed by atoms with Crippen molar-refractivity contribution >= 4 is 27.6 Å². The lowest BCUT2D eigenvalue weighted by Crippen LogP contribution is -2.22. The second kappa shape index (κ2) is 7.19. The molecule has 0 unspecified atom stereocenters. The van der Waals surface area contributed by atoms with Gasteiger partial charge in [-0.25, -0.2) is 9.97 Å². The molecule has 0 aliphatic rings. The van der Waals surface area contributed by atoms with Crippen molar-refractivity contribution in [2.24, 2.45) is 0 Å². The first-order valence-corrected chi connectivity index (χ1v) is 7.36.